The van der Waals surface area contributed by atoms with Crippen LogP contribution in [0.2, 0.25) is 0 Å². The van der Waals surface area contributed by atoms with Gasteiger partial charge in [-0.3, -0.25) is 9.79 Å². The fourth-order valence-electron chi connectivity index (χ4n) is 1.70. The van der Waals surface area contributed by atoms with E-state index < -0.39 is 5.97 Å². The van der Waals surface area contributed by atoms with Crippen LogP contribution in [0, 0.1) is 5.82 Å². The second kappa shape index (κ2) is 4.30. The zero-order valence-corrected chi connectivity index (χ0v) is 8.56. The molecular weight excluding hydrogens is 211 g/mol. The van der Waals surface area contributed by atoms with Crippen LogP contribution in [-0.4, -0.2) is 41.4 Å². The highest BCUT2D eigenvalue weighted by atomic mass is 19.1. The normalized spacial score (nSPS) is 15.1. The molecule has 2 rings (SSSR count). The third-order valence-electron chi connectivity index (χ3n) is 2.34. The fourth-order valence-corrected chi connectivity index (χ4v) is 1.70. The molecule has 1 N–H and O–H groups in total. The number of halogens is 1. The maximum absolute atomic E-state index is 13.0. The number of benzene rings is 1. The number of carboxylic acid groups (broad SMARTS) is 1. The van der Waals surface area contributed by atoms with Crippen molar-refractivity contribution in [2.75, 3.05) is 19.6 Å². The van der Waals surface area contributed by atoms with Gasteiger partial charge in [-0.2, -0.15) is 0 Å². The number of rotatable bonds is 3. The molecule has 0 unspecified atom stereocenters. The van der Waals surface area contributed by atoms with Crippen molar-refractivity contribution in [2.45, 2.75) is 0 Å². The molecule has 16 heavy (non-hydrogen) atoms. The van der Waals surface area contributed by atoms with Crippen LogP contribution in [0.1, 0.15) is 5.56 Å². The Morgan fingerprint density at radius 1 is 1.56 bits per heavy atom. The van der Waals surface area contributed by atoms with Gasteiger partial charge < -0.3 is 10.0 Å². The van der Waals surface area contributed by atoms with Crippen LogP contribution in [-0.2, 0) is 4.79 Å². The molecule has 0 aromatic heterocycles. The molecule has 4 nitrogen and oxygen atoms in total. The summed E-state index contributed by atoms with van der Waals surface area (Å²) in [7, 11) is 0. The Balaban J connectivity index is 2.23. The Labute approximate surface area is 92.0 Å². The van der Waals surface area contributed by atoms with Crippen molar-refractivity contribution in [3.63, 3.8) is 0 Å². The van der Waals surface area contributed by atoms with Crippen LogP contribution in [0.3, 0.4) is 0 Å². The van der Waals surface area contributed by atoms with Gasteiger partial charge in [-0.15, -0.1) is 0 Å². The average molecular weight is 222 g/mol. The predicted octanol–water partition coefficient (Wildman–Crippen LogP) is 0.972. The first-order valence-corrected chi connectivity index (χ1v) is 4.94. The highest BCUT2D eigenvalue weighted by molar-refractivity contribution is 6.01. The Morgan fingerprint density at radius 3 is 3.06 bits per heavy atom. The van der Waals surface area contributed by atoms with E-state index in [1.165, 1.54) is 12.1 Å². The molecule has 0 saturated carbocycles. The van der Waals surface area contributed by atoms with Crippen LogP contribution < -0.4 is 0 Å². The van der Waals surface area contributed by atoms with Crippen molar-refractivity contribution < 1.29 is 14.3 Å². The zero-order chi connectivity index (χ0) is 11.5. The molecule has 0 bridgehead atoms. The third kappa shape index (κ3) is 2.18. The van der Waals surface area contributed by atoms with Gasteiger partial charge in [0.05, 0.1) is 6.54 Å². The lowest BCUT2D eigenvalue weighted by Gasteiger charge is -2.17. The molecule has 0 fully saturated rings. The van der Waals surface area contributed by atoms with E-state index in [0.717, 1.165) is 0 Å². The monoisotopic (exact) mass is 222 g/mol. The smallest absolute Gasteiger partial charge is 0.323 e. The number of aliphatic carboxylic acids is 1. The largest absolute Gasteiger partial charge is 0.480 e. The van der Waals surface area contributed by atoms with Gasteiger partial charge in [0.15, 0.2) is 0 Å². The van der Waals surface area contributed by atoms with Gasteiger partial charge in [-0.25, -0.2) is 4.39 Å². The number of carboxylic acids is 1. The van der Waals surface area contributed by atoms with Crippen LogP contribution in [0.4, 0.5) is 4.39 Å². The van der Waals surface area contributed by atoms with Crippen LogP contribution in [0.5, 0.6) is 0 Å². The van der Waals surface area contributed by atoms with Gasteiger partial charge in [0.25, 0.3) is 0 Å². The molecule has 0 spiro atoms. The summed E-state index contributed by atoms with van der Waals surface area (Å²) < 4.78 is 13.0. The molecular formula is C11H11FN2O2. The highest BCUT2D eigenvalue weighted by Crippen LogP contribution is 2.12. The second-order valence-corrected chi connectivity index (χ2v) is 3.53. The Bertz CT molecular complexity index is 445. The molecule has 1 heterocycles. The average Bonchev–Trinajstić information content (AvgIpc) is 2.65. The summed E-state index contributed by atoms with van der Waals surface area (Å²) in [5.74, 6) is -0.699. The second-order valence-electron chi connectivity index (χ2n) is 3.53. The lowest BCUT2D eigenvalue weighted by Crippen LogP contribution is -2.33. The van der Waals surface area contributed by atoms with Crippen molar-refractivity contribution in [3.8, 4) is 0 Å². The van der Waals surface area contributed by atoms with E-state index in [0.29, 0.717) is 24.5 Å². The number of hydrogen-bond donors (Lipinski definition) is 1. The maximum Gasteiger partial charge on any atom is 0.323 e. The molecule has 0 amide bonds. The first kappa shape index (κ1) is 10.6. The van der Waals surface area contributed by atoms with Crippen LogP contribution in [0.25, 0.3) is 0 Å². The number of hydrogen-bond acceptors (Lipinski definition) is 3. The fraction of sp³-hybridized carbons (Fsp3) is 0.273. The van der Waals surface area contributed by atoms with Gasteiger partial charge >= 0.3 is 5.97 Å². The highest BCUT2D eigenvalue weighted by Gasteiger charge is 2.20. The van der Waals surface area contributed by atoms with E-state index in [4.69, 9.17) is 5.11 Å². The lowest BCUT2D eigenvalue weighted by molar-refractivity contribution is -0.137. The van der Waals surface area contributed by atoms with Crippen LogP contribution in [0.15, 0.2) is 29.3 Å². The Morgan fingerprint density at radius 2 is 2.38 bits per heavy atom. The number of nitrogens with zero attached hydrogens (tertiary/aromatic N) is 2. The van der Waals surface area contributed by atoms with Crippen molar-refractivity contribution in [3.05, 3.63) is 35.6 Å². The number of carbonyl (C=O) groups is 1. The molecule has 1 aliphatic rings. The number of aliphatic imine (C=N–C) groups is 1. The van der Waals surface area contributed by atoms with E-state index in [9.17, 15) is 9.18 Å². The summed E-state index contributed by atoms with van der Waals surface area (Å²) in [5.41, 5.74) is 0.624. The SMILES string of the molecule is O=C(O)CN1CCN=C1c1cccc(F)c1. The summed E-state index contributed by atoms with van der Waals surface area (Å²) in [6.07, 6.45) is 0. The zero-order valence-electron chi connectivity index (χ0n) is 8.56. The van der Waals surface area contributed by atoms with E-state index in [1.54, 1.807) is 17.0 Å². The van der Waals surface area contributed by atoms with E-state index >= 15 is 0 Å². The minimum Gasteiger partial charge on any atom is -0.480 e. The molecule has 1 aromatic carbocycles. The lowest BCUT2D eigenvalue weighted by atomic mass is 10.2. The van der Waals surface area contributed by atoms with Crippen molar-refractivity contribution in [1.82, 2.24) is 4.90 Å². The van der Waals surface area contributed by atoms with Gasteiger partial charge in [0.1, 0.15) is 18.2 Å². The third-order valence-corrected chi connectivity index (χ3v) is 2.34. The maximum atomic E-state index is 13.0. The summed E-state index contributed by atoms with van der Waals surface area (Å²) in [6.45, 7) is 1.02. The molecule has 84 valence electrons. The summed E-state index contributed by atoms with van der Waals surface area (Å²) >= 11 is 0. The van der Waals surface area contributed by atoms with Gasteiger partial charge in [-0.05, 0) is 12.1 Å². The predicted molar refractivity (Wildman–Crippen MR) is 57.0 cm³/mol. The Kier molecular flexibility index (Phi) is 2.85. The topological polar surface area (TPSA) is 52.9 Å². The molecule has 1 aliphatic heterocycles. The Hall–Kier alpha value is -1.91. The molecule has 5 heteroatoms. The van der Waals surface area contributed by atoms with E-state index in [2.05, 4.69) is 4.99 Å². The van der Waals surface area contributed by atoms with E-state index in [1.807, 2.05) is 0 Å². The quantitative estimate of drug-likeness (QED) is 0.829. The molecule has 0 atom stereocenters. The van der Waals surface area contributed by atoms with Crippen molar-refractivity contribution >= 4 is 11.8 Å². The van der Waals surface area contributed by atoms with Gasteiger partial charge in [-0.1, -0.05) is 12.1 Å². The standard InChI is InChI=1S/C11H11FN2O2/c12-9-3-1-2-8(6-9)11-13-4-5-14(11)7-10(15)16/h1-3,6H,4-5,7H2,(H,15,16). The first-order valence-electron chi connectivity index (χ1n) is 4.94. The molecule has 0 aliphatic carbocycles. The van der Waals surface area contributed by atoms with Crippen LogP contribution >= 0.6 is 0 Å². The first-order chi connectivity index (χ1) is 7.66. The molecule has 0 saturated heterocycles. The molecule has 0 radical (unpaired) electrons. The summed E-state index contributed by atoms with van der Waals surface area (Å²) in [6, 6.07) is 6.02. The van der Waals surface area contributed by atoms with Gasteiger partial charge in [0, 0.05) is 12.1 Å². The minimum absolute atomic E-state index is 0.102. The minimum atomic E-state index is -0.911. The van der Waals surface area contributed by atoms with Crippen molar-refractivity contribution in [2.24, 2.45) is 4.99 Å². The van der Waals surface area contributed by atoms with E-state index in [-0.39, 0.29) is 12.4 Å². The molecule has 1 aromatic rings. The number of amidine groups is 1. The van der Waals surface area contributed by atoms with Gasteiger partial charge in [0.2, 0.25) is 0 Å². The van der Waals surface area contributed by atoms with Crippen molar-refractivity contribution in [1.29, 1.82) is 0 Å². The summed E-state index contributed by atoms with van der Waals surface area (Å²) in [4.78, 5) is 16.5. The summed E-state index contributed by atoms with van der Waals surface area (Å²) in [5, 5.41) is 8.72.